The molecule has 0 aliphatic rings. The lowest BCUT2D eigenvalue weighted by Gasteiger charge is -2.40. The second-order valence-electron chi connectivity index (χ2n) is 13.2. The SMILES string of the molecule is CN[C@H](C(=O)N[C@H](C(=O)N(C)[C@H](CCC(=O)NS(=O)(=O)Cc1ccccc1)C(C)C)C(C)(C)C)C(C)(C)c1ccccc1. The van der Waals surface area contributed by atoms with Crippen molar-refractivity contribution in [3.05, 3.63) is 71.8 Å². The Morgan fingerprint density at radius 2 is 1.40 bits per heavy atom. The molecule has 0 aliphatic heterocycles. The van der Waals surface area contributed by atoms with Gasteiger partial charge in [0.1, 0.15) is 6.04 Å². The van der Waals surface area contributed by atoms with Gasteiger partial charge in [0.25, 0.3) is 0 Å². The molecule has 2 rings (SSSR count). The van der Waals surface area contributed by atoms with Crippen molar-refractivity contribution in [3.63, 3.8) is 0 Å². The van der Waals surface area contributed by atoms with Crippen LogP contribution in [-0.4, -0.2) is 63.3 Å². The maximum Gasteiger partial charge on any atom is 0.245 e. The standard InChI is InChI=1S/C33H50N4O5S/c1-23(2)26(20-21-27(38)36-43(41,42)22-24-16-12-10-13-17-24)37(9)31(40)29(32(3,4)5)35-30(39)28(34-8)33(6,7)25-18-14-11-15-19-25/h10-19,23,26,28-29,34H,20-22H2,1-9H3,(H,35,39)(H,36,38)/t26-,28-,29-/m1/s1. The summed E-state index contributed by atoms with van der Waals surface area (Å²) in [5, 5.41) is 6.17. The second kappa shape index (κ2) is 15.0. The van der Waals surface area contributed by atoms with Crippen molar-refractivity contribution in [2.75, 3.05) is 14.1 Å². The van der Waals surface area contributed by atoms with Gasteiger partial charge in [-0.2, -0.15) is 0 Å². The second-order valence-corrected chi connectivity index (χ2v) is 14.9. The average molecular weight is 615 g/mol. The van der Waals surface area contributed by atoms with Crippen LogP contribution in [0.1, 0.15) is 72.4 Å². The van der Waals surface area contributed by atoms with Crippen LogP contribution in [0.15, 0.2) is 60.7 Å². The largest absolute Gasteiger partial charge is 0.342 e. The van der Waals surface area contributed by atoms with E-state index in [9.17, 15) is 22.8 Å². The summed E-state index contributed by atoms with van der Waals surface area (Å²) >= 11 is 0. The monoisotopic (exact) mass is 614 g/mol. The number of rotatable bonds is 14. The quantitative estimate of drug-likeness (QED) is 0.296. The van der Waals surface area contributed by atoms with Crippen molar-refractivity contribution in [2.24, 2.45) is 11.3 Å². The minimum absolute atomic E-state index is 0.0268. The van der Waals surface area contributed by atoms with E-state index in [1.54, 1.807) is 49.3 Å². The zero-order chi connectivity index (χ0) is 32.6. The van der Waals surface area contributed by atoms with Crippen molar-refractivity contribution >= 4 is 27.7 Å². The van der Waals surface area contributed by atoms with Gasteiger partial charge in [0.05, 0.1) is 11.8 Å². The number of nitrogens with one attached hydrogen (secondary N) is 3. The number of hydrogen-bond acceptors (Lipinski definition) is 6. The minimum atomic E-state index is -3.86. The predicted octanol–water partition coefficient (Wildman–Crippen LogP) is 3.99. The molecular formula is C33H50N4O5S. The Kier molecular flexibility index (Phi) is 12.5. The minimum Gasteiger partial charge on any atom is -0.342 e. The number of nitrogens with zero attached hydrogens (tertiary/aromatic N) is 1. The highest BCUT2D eigenvalue weighted by Crippen LogP contribution is 2.29. The van der Waals surface area contributed by atoms with Crippen molar-refractivity contribution in [1.29, 1.82) is 0 Å². The molecule has 3 amide bonds. The first kappa shape index (κ1) is 36.0. The van der Waals surface area contributed by atoms with Gasteiger partial charge in [-0.15, -0.1) is 0 Å². The van der Waals surface area contributed by atoms with Gasteiger partial charge >= 0.3 is 0 Å². The molecular weight excluding hydrogens is 564 g/mol. The molecule has 0 unspecified atom stereocenters. The van der Waals surface area contributed by atoms with Crippen LogP contribution in [0.4, 0.5) is 0 Å². The van der Waals surface area contributed by atoms with Crippen LogP contribution in [0.5, 0.6) is 0 Å². The van der Waals surface area contributed by atoms with Crippen LogP contribution < -0.4 is 15.4 Å². The third-order valence-electron chi connectivity index (χ3n) is 7.94. The molecule has 3 N–H and O–H groups in total. The van der Waals surface area contributed by atoms with Gasteiger partial charge in [0.2, 0.25) is 27.7 Å². The fourth-order valence-electron chi connectivity index (χ4n) is 5.40. The molecule has 0 spiro atoms. The number of carbonyl (C=O) groups excluding carboxylic acids is 3. The molecule has 9 nitrogen and oxygen atoms in total. The van der Waals surface area contributed by atoms with Crippen molar-refractivity contribution < 1.29 is 22.8 Å². The van der Waals surface area contributed by atoms with E-state index in [1.807, 2.05) is 78.8 Å². The molecule has 2 aromatic rings. The molecule has 0 saturated heterocycles. The summed E-state index contributed by atoms with van der Waals surface area (Å²) in [4.78, 5) is 41.9. The summed E-state index contributed by atoms with van der Waals surface area (Å²) in [6, 6.07) is 16.6. The molecule has 0 fully saturated rings. The van der Waals surface area contributed by atoms with Gasteiger partial charge < -0.3 is 15.5 Å². The van der Waals surface area contributed by atoms with Crippen LogP contribution in [0.2, 0.25) is 0 Å². The lowest BCUT2D eigenvalue weighted by molar-refractivity contribution is -0.142. The van der Waals surface area contributed by atoms with Gasteiger partial charge in [0.15, 0.2) is 0 Å². The number of sulfonamides is 1. The molecule has 43 heavy (non-hydrogen) atoms. The van der Waals surface area contributed by atoms with E-state index < -0.39 is 38.8 Å². The maximum absolute atomic E-state index is 14.0. The zero-order valence-electron chi connectivity index (χ0n) is 27.1. The van der Waals surface area contributed by atoms with Gasteiger partial charge in [0, 0.05) is 24.9 Å². The van der Waals surface area contributed by atoms with Gasteiger partial charge in [-0.1, -0.05) is 109 Å². The molecule has 0 aliphatic carbocycles. The Labute approximate surface area is 258 Å². The van der Waals surface area contributed by atoms with E-state index >= 15 is 0 Å². The molecule has 3 atom stereocenters. The van der Waals surface area contributed by atoms with Crippen LogP contribution in [0, 0.1) is 11.3 Å². The maximum atomic E-state index is 14.0. The zero-order valence-corrected chi connectivity index (χ0v) is 27.9. The summed E-state index contributed by atoms with van der Waals surface area (Å²) in [6.45, 7) is 13.6. The lowest BCUT2D eigenvalue weighted by atomic mass is 9.76. The number of hydrogen-bond donors (Lipinski definition) is 3. The average Bonchev–Trinajstić information content (AvgIpc) is 2.91. The van der Waals surface area contributed by atoms with Crippen LogP contribution in [-0.2, 0) is 35.6 Å². The van der Waals surface area contributed by atoms with E-state index in [-0.39, 0.29) is 42.4 Å². The predicted molar refractivity (Wildman–Crippen MR) is 172 cm³/mol. The molecule has 238 valence electrons. The summed E-state index contributed by atoms with van der Waals surface area (Å²) in [7, 11) is -0.458. The first-order valence-electron chi connectivity index (χ1n) is 14.8. The van der Waals surface area contributed by atoms with Gasteiger partial charge in [-0.05, 0) is 35.9 Å². The first-order valence-corrected chi connectivity index (χ1v) is 16.4. The van der Waals surface area contributed by atoms with Crippen LogP contribution in [0.25, 0.3) is 0 Å². The lowest BCUT2D eigenvalue weighted by Crippen LogP contribution is -2.61. The number of likely N-dealkylation sites (N-methyl/N-ethyl adjacent to an activating group) is 2. The Morgan fingerprint density at radius 3 is 1.88 bits per heavy atom. The Hall–Kier alpha value is -3.24. The summed E-state index contributed by atoms with van der Waals surface area (Å²) < 4.78 is 27.2. The van der Waals surface area contributed by atoms with E-state index in [1.165, 1.54) is 0 Å². The summed E-state index contributed by atoms with van der Waals surface area (Å²) in [5.41, 5.74) is 0.396. The Bertz CT molecular complexity index is 1320. The molecule has 0 heterocycles. The highest BCUT2D eigenvalue weighted by atomic mass is 32.2. The van der Waals surface area contributed by atoms with Gasteiger partial charge in [-0.25, -0.2) is 8.42 Å². The number of carbonyl (C=O) groups is 3. The molecule has 0 aromatic heterocycles. The molecule has 0 saturated carbocycles. The van der Waals surface area contributed by atoms with E-state index in [2.05, 4.69) is 15.4 Å². The normalized spacial score (nSPS) is 14.5. The van der Waals surface area contributed by atoms with Crippen molar-refractivity contribution in [2.45, 2.75) is 90.6 Å². The highest BCUT2D eigenvalue weighted by molar-refractivity contribution is 7.89. The smallest absolute Gasteiger partial charge is 0.245 e. The molecule has 2 aromatic carbocycles. The van der Waals surface area contributed by atoms with Crippen molar-refractivity contribution in [1.82, 2.24) is 20.3 Å². The molecule has 0 radical (unpaired) electrons. The third kappa shape index (κ3) is 10.2. The highest BCUT2D eigenvalue weighted by Gasteiger charge is 2.41. The fourth-order valence-corrected chi connectivity index (χ4v) is 6.56. The summed E-state index contributed by atoms with van der Waals surface area (Å²) in [5.74, 6) is -1.51. The van der Waals surface area contributed by atoms with Crippen LogP contribution >= 0.6 is 0 Å². The molecule has 10 heteroatoms. The molecule has 0 bridgehead atoms. The Balaban J connectivity index is 2.16. The van der Waals surface area contributed by atoms with E-state index in [0.29, 0.717) is 5.56 Å². The van der Waals surface area contributed by atoms with E-state index in [4.69, 9.17) is 0 Å². The Morgan fingerprint density at radius 1 is 0.860 bits per heavy atom. The topological polar surface area (TPSA) is 125 Å². The first-order chi connectivity index (χ1) is 19.9. The summed E-state index contributed by atoms with van der Waals surface area (Å²) in [6.07, 6.45) is 0.186. The number of amides is 3. The van der Waals surface area contributed by atoms with Crippen LogP contribution in [0.3, 0.4) is 0 Å². The fraction of sp³-hybridized carbons (Fsp3) is 0.545. The number of benzene rings is 2. The third-order valence-corrected chi connectivity index (χ3v) is 9.19. The van der Waals surface area contributed by atoms with Crippen molar-refractivity contribution in [3.8, 4) is 0 Å². The van der Waals surface area contributed by atoms with Gasteiger partial charge in [-0.3, -0.25) is 19.1 Å². The van der Waals surface area contributed by atoms with E-state index in [0.717, 1.165) is 5.56 Å².